The van der Waals surface area contributed by atoms with Crippen LogP contribution in [-0.4, -0.2) is 11.7 Å². The minimum Gasteiger partial charge on any atom is -0.492 e. The molecule has 1 rings (SSSR count). The van der Waals surface area contributed by atoms with Crippen LogP contribution in [0.2, 0.25) is 0 Å². The third-order valence-electron chi connectivity index (χ3n) is 1.43. The predicted octanol–water partition coefficient (Wildman–Crippen LogP) is 2.73. The fourth-order valence-electron chi connectivity index (χ4n) is 0.924. The Morgan fingerprint density at radius 2 is 2.33 bits per heavy atom. The maximum Gasteiger partial charge on any atom is 0.139 e. The molecule has 0 spiro atoms. The van der Waals surface area contributed by atoms with Gasteiger partial charge >= 0.3 is 0 Å². The van der Waals surface area contributed by atoms with Crippen molar-refractivity contribution >= 4 is 15.9 Å². The summed E-state index contributed by atoms with van der Waals surface area (Å²) in [7, 11) is 0. The van der Waals surface area contributed by atoms with E-state index in [1.165, 1.54) is 0 Å². The van der Waals surface area contributed by atoms with Crippen LogP contribution in [-0.2, 0) is 0 Å². The average molecular weight is 230 g/mol. The van der Waals surface area contributed by atoms with Gasteiger partial charge < -0.3 is 9.84 Å². The molecule has 0 unspecified atom stereocenters. The summed E-state index contributed by atoms with van der Waals surface area (Å²) >= 11 is 3.33. The van der Waals surface area contributed by atoms with Crippen LogP contribution in [0.4, 0.5) is 0 Å². The number of aliphatic hydroxyl groups is 1. The molecule has 65 valence electrons. The largest absolute Gasteiger partial charge is 0.492 e. The number of halogens is 1. The molecule has 0 saturated heterocycles. The molecule has 0 heterocycles. The standard InChI is InChI=1S/C9H10BrO2/c1-2-12-9-7(6-11)4-3-5-8(9)10/h3-6,11H,2H2,1H3. The maximum atomic E-state index is 8.84. The second-order valence-corrected chi connectivity index (χ2v) is 3.07. The molecular weight excluding hydrogens is 220 g/mol. The number of benzene rings is 1. The number of aliphatic hydroxyl groups excluding tert-OH is 1. The van der Waals surface area contributed by atoms with Crippen molar-refractivity contribution in [1.29, 1.82) is 0 Å². The summed E-state index contributed by atoms with van der Waals surface area (Å²) in [6, 6.07) is 5.50. The first-order valence-corrected chi connectivity index (χ1v) is 4.47. The highest BCUT2D eigenvalue weighted by atomic mass is 79.9. The van der Waals surface area contributed by atoms with Gasteiger partial charge in [0.05, 0.1) is 11.1 Å². The molecule has 0 fully saturated rings. The zero-order valence-electron chi connectivity index (χ0n) is 6.75. The summed E-state index contributed by atoms with van der Waals surface area (Å²) in [5.41, 5.74) is 0.686. The van der Waals surface area contributed by atoms with Crippen molar-refractivity contribution in [2.75, 3.05) is 6.61 Å². The van der Waals surface area contributed by atoms with Gasteiger partial charge in [0.1, 0.15) is 12.4 Å². The smallest absolute Gasteiger partial charge is 0.139 e. The van der Waals surface area contributed by atoms with Crippen molar-refractivity contribution in [1.82, 2.24) is 0 Å². The van der Waals surface area contributed by atoms with Crippen LogP contribution in [0.3, 0.4) is 0 Å². The second kappa shape index (κ2) is 4.48. The van der Waals surface area contributed by atoms with Gasteiger partial charge in [0.25, 0.3) is 0 Å². The summed E-state index contributed by atoms with van der Waals surface area (Å²) in [4.78, 5) is 0. The van der Waals surface area contributed by atoms with E-state index in [0.717, 1.165) is 11.1 Å². The first kappa shape index (κ1) is 9.55. The van der Waals surface area contributed by atoms with E-state index < -0.39 is 0 Å². The van der Waals surface area contributed by atoms with Crippen molar-refractivity contribution in [3.8, 4) is 5.75 Å². The van der Waals surface area contributed by atoms with E-state index in [4.69, 9.17) is 9.84 Å². The summed E-state index contributed by atoms with van der Waals surface area (Å²) in [6.07, 6.45) is 0. The molecule has 0 aromatic heterocycles. The van der Waals surface area contributed by atoms with Crippen LogP contribution in [0.1, 0.15) is 12.5 Å². The van der Waals surface area contributed by atoms with E-state index in [-0.39, 0.29) is 0 Å². The van der Waals surface area contributed by atoms with Crippen molar-refractivity contribution in [3.05, 3.63) is 34.8 Å². The van der Waals surface area contributed by atoms with Crippen LogP contribution in [0.15, 0.2) is 22.7 Å². The number of hydrogen-bond acceptors (Lipinski definition) is 2. The molecule has 0 amide bonds. The Bertz CT molecular complexity index is 261. The van der Waals surface area contributed by atoms with Crippen LogP contribution in [0.25, 0.3) is 0 Å². The van der Waals surface area contributed by atoms with E-state index in [1.54, 1.807) is 6.07 Å². The Morgan fingerprint density at radius 1 is 1.58 bits per heavy atom. The van der Waals surface area contributed by atoms with Crippen LogP contribution in [0, 0.1) is 6.61 Å². The van der Waals surface area contributed by atoms with Crippen molar-refractivity contribution in [2.24, 2.45) is 0 Å². The highest BCUT2D eigenvalue weighted by molar-refractivity contribution is 9.10. The highest BCUT2D eigenvalue weighted by Gasteiger charge is 2.05. The number of hydrogen-bond donors (Lipinski definition) is 1. The van der Waals surface area contributed by atoms with Gasteiger partial charge in [-0.15, -0.1) is 0 Å². The molecule has 0 atom stereocenters. The quantitative estimate of drug-likeness (QED) is 0.864. The fraction of sp³-hybridized carbons (Fsp3) is 0.222. The third-order valence-corrected chi connectivity index (χ3v) is 2.05. The van der Waals surface area contributed by atoms with Crippen LogP contribution in [0.5, 0.6) is 5.75 Å². The molecule has 2 nitrogen and oxygen atoms in total. The molecule has 12 heavy (non-hydrogen) atoms. The van der Waals surface area contributed by atoms with Gasteiger partial charge in [-0.25, -0.2) is 0 Å². The average Bonchev–Trinajstić information content (AvgIpc) is 2.09. The Balaban J connectivity index is 3.02. The number of rotatable bonds is 3. The predicted molar refractivity (Wildman–Crippen MR) is 50.6 cm³/mol. The fourth-order valence-corrected chi connectivity index (χ4v) is 1.42. The Hall–Kier alpha value is -0.540. The van der Waals surface area contributed by atoms with E-state index >= 15 is 0 Å². The summed E-state index contributed by atoms with van der Waals surface area (Å²) in [5.74, 6) is 0.683. The zero-order valence-corrected chi connectivity index (χ0v) is 8.34. The summed E-state index contributed by atoms with van der Waals surface area (Å²) in [6.45, 7) is 3.53. The lowest BCUT2D eigenvalue weighted by molar-refractivity contribution is 0.328. The molecule has 0 bridgehead atoms. The van der Waals surface area contributed by atoms with Gasteiger partial charge in [-0.3, -0.25) is 0 Å². The highest BCUT2D eigenvalue weighted by Crippen LogP contribution is 2.29. The maximum absolute atomic E-state index is 8.84. The Morgan fingerprint density at radius 3 is 2.92 bits per heavy atom. The minimum atomic E-state index is 0.587. The van der Waals surface area contributed by atoms with Gasteiger partial charge in [-0.05, 0) is 28.9 Å². The molecule has 1 N–H and O–H groups in total. The monoisotopic (exact) mass is 229 g/mol. The Labute approximate surface area is 80.3 Å². The van der Waals surface area contributed by atoms with Crippen LogP contribution >= 0.6 is 15.9 Å². The summed E-state index contributed by atoms with van der Waals surface area (Å²) in [5, 5.41) is 8.84. The lowest BCUT2D eigenvalue weighted by Gasteiger charge is -2.09. The third kappa shape index (κ3) is 1.99. The molecular formula is C9H10BrO2. The lowest BCUT2D eigenvalue weighted by atomic mass is 10.2. The molecule has 3 heteroatoms. The zero-order chi connectivity index (χ0) is 8.97. The molecule has 0 aliphatic heterocycles. The molecule has 1 radical (unpaired) electrons. The molecule has 1 aromatic rings. The summed E-state index contributed by atoms with van der Waals surface area (Å²) < 4.78 is 6.17. The van der Waals surface area contributed by atoms with Gasteiger partial charge in [0.2, 0.25) is 0 Å². The number of ether oxygens (including phenoxy) is 1. The lowest BCUT2D eigenvalue weighted by Crippen LogP contribution is -1.96. The van der Waals surface area contributed by atoms with E-state index in [0.29, 0.717) is 17.9 Å². The molecule has 0 aliphatic rings. The van der Waals surface area contributed by atoms with Gasteiger partial charge in [0.15, 0.2) is 0 Å². The molecule has 0 aliphatic carbocycles. The van der Waals surface area contributed by atoms with Gasteiger partial charge in [-0.1, -0.05) is 12.1 Å². The van der Waals surface area contributed by atoms with Gasteiger partial charge in [0, 0.05) is 5.56 Å². The van der Waals surface area contributed by atoms with Crippen molar-refractivity contribution in [2.45, 2.75) is 6.92 Å². The second-order valence-electron chi connectivity index (χ2n) is 2.22. The van der Waals surface area contributed by atoms with Crippen molar-refractivity contribution < 1.29 is 9.84 Å². The first-order valence-electron chi connectivity index (χ1n) is 3.68. The van der Waals surface area contributed by atoms with Crippen molar-refractivity contribution in [3.63, 3.8) is 0 Å². The van der Waals surface area contributed by atoms with E-state index in [9.17, 15) is 0 Å². The van der Waals surface area contributed by atoms with Crippen LogP contribution < -0.4 is 4.74 Å². The first-order chi connectivity index (χ1) is 5.79. The SMILES string of the molecule is CCOc1c(Br)cccc1[CH]O. The number of para-hydroxylation sites is 1. The molecule has 0 saturated carbocycles. The van der Waals surface area contributed by atoms with Gasteiger partial charge in [-0.2, -0.15) is 0 Å². The molecule has 1 aromatic carbocycles. The van der Waals surface area contributed by atoms with E-state index in [2.05, 4.69) is 15.9 Å². The topological polar surface area (TPSA) is 29.5 Å². The normalized spacial score (nSPS) is 9.92. The van der Waals surface area contributed by atoms with E-state index in [1.807, 2.05) is 19.1 Å². The minimum absolute atomic E-state index is 0.587. The Kier molecular flexibility index (Phi) is 3.56.